The van der Waals surface area contributed by atoms with Crippen LogP contribution in [0.1, 0.15) is 26.2 Å². The fourth-order valence-electron chi connectivity index (χ4n) is 2.46. The van der Waals surface area contributed by atoms with E-state index in [9.17, 15) is 14.4 Å². The number of ketones is 1. The molecule has 0 aromatic carbocycles. The van der Waals surface area contributed by atoms with Gasteiger partial charge in [-0.1, -0.05) is 6.42 Å². The quantitative estimate of drug-likeness (QED) is 0.625. The molecule has 0 aromatic heterocycles. The Morgan fingerprint density at radius 3 is 2.40 bits per heavy atom. The van der Waals surface area contributed by atoms with Crippen LogP contribution in [0, 0.1) is 5.92 Å². The predicted molar refractivity (Wildman–Crippen MR) is 52.8 cm³/mol. The number of Topliss-reactive ketones (excluding diaryl/α,β-unsaturated/α-hetero) is 1. The lowest BCUT2D eigenvalue weighted by atomic mass is 9.98. The third-order valence-corrected chi connectivity index (χ3v) is 3.18. The molecule has 2 aliphatic rings. The van der Waals surface area contributed by atoms with Crippen molar-refractivity contribution >= 4 is 17.6 Å². The van der Waals surface area contributed by atoms with E-state index in [-0.39, 0.29) is 29.6 Å². The number of amides is 2. The zero-order valence-electron chi connectivity index (χ0n) is 8.60. The van der Waals surface area contributed by atoms with Crippen LogP contribution >= 0.6 is 0 Å². The van der Waals surface area contributed by atoms with Crippen molar-refractivity contribution in [3.05, 3.63) is 12.2 Å². The number of carbonyl (C=O) groups excluding carboxylic acids is 3. The van der Waals surface area contributed by atoms with Gasteiger partial charge in [-0.25, -0.2) is 0 Å². The first-order valence-electron chi connectivity index (χ1n) is 5.17. The molecule has 80 valence electrons. The molecule has 0 saturated heterocycles. The summed E-state index contributed by atoms with van der Waals surface area (Å²) in [5, 5.41) is 0. The molecule has 1 aliphatic carbocycles. The lowest BCUT2D eigenvalue weighted by Gasteiger charge is -2.26. The number of rotatable bonds is 2. The Hall–Kier alpha value is -1.45. The maximum absolute atomic E-state index is 11.4. The van der Waals surface area contributed by atoms with Gasteiger partial charge in [0.05, 0.1) is 0 Å². The molecule has 0 radical (unpaired) electrons. The van der Waals surface area contributed by atoms with Crippen molar-refractivity contribution in [1.82, 2.24) is 4.90 Å². The largest absolute Gasteiger partial charge is 0.300 e. The Kier molecular flexibility index (Phi) is 2.42. The number of imide groups is 1. The Labute approximate surface area is 87.9 Å². The van der Waals surface area contributed by atoms with Gasteiger partial charge in [0.15, 0.2) is 0 Å². The molecule has 15 heavy (non-hydrogen) atoms. The summed E-state index contributed by atoms with van der Waals surface area (Å²) >= 11 is 0. The van der Waals surface area contributed by atoms with E-state index in [0.717, 1.165) is 19.3 Å². The maximum Gasteiger partial charge on any atom is 0.253 e. The summed E-state index contributed by atoms with van der Waals surface area (Å²) in [7, 11) is 0. The highest BCUT2D eigenvalue weighted by molar-refractivity contribution is 6.13. The van der Waals surface area contributed by atoms with Gasteiger partial charge in [-0.2, -0.15) is 0 Å². The molecule has 2 rings (SSSR count). The Morgan fingerprint density at radius 1 is 1.27 bits per heavy atom. The zero-order chi connectivity index (χ0) is 11.0. The Balaban J connectivity index is 2.20. The average Bonchev–Trinajstić information content (AvgIpc) is 2.73. The molecular weight excluding hydrogens is 194 g/mol. The molecular formula is C11H13NO3. The van der Waals surface area contributed by atoms with E-state index >= 15 is 0 Å². The molecule has 0 bridgehead atoms. The fourth-order valence-corrected chi connectivity index (χ4v) is 2.46. The van der Waals surface area contributed by atoms with Crippen molar-refractivity contribution in [2.75, 3.05) is 0 Å². The minimum absolute atomic E-state index is 0.0741. The molecule has 1 heterocycles. The van der Waals surface area contributed by atoms with Crippen LogP contribution in [0.4, 0.5) is 0 Å². The second kappa shape index (κ2) is 3.61. The van der Waals surface area contributed by atoms with Gasteiger partial charge in [-0.05, 0) is 19.8 Å². The van der Waals surface area contributed by atoms with E-state index in [1.165, 1.54) is 24.0 Å². The number of carbonyl (C=O) groups is 3. The van der Waals surface area contributed by atoms with Gasteiger partial charge in [-0.3, -0.25) is 19.3 Å². The molecule has 2 amide bonds. The van der Waals surface area contributed by atoms with Crippen LogP contribution in [-0.4, -0.2) is 28.5 Å². The van der Waals surface area contributed by atoms with Gasteiger partial charge < -0.3 is 0 Å². The summed E-state index contributed by atoms with van der Waals surface area (Å²) in [4.78, 5) is 35.5. The van der Waals surface area contributed by atoms with Crippen molar-refractivity contribution in [2.24, 2.45) is 5.92 Å². The maximum atomic E-state index is 11.4. The molecule has 4 heteroatoms. The van der Waals surface area contributed by atoms with Crippen molar-refractivity contribution in [3.8, 4) is 0 Å². The molecule has 1 saturated carbocycles. The van der Waals surface area contributed by atoms with Crippen molar-refractivity contribution in [1.29, 1.82) is 0 Å². The van der Waals surface area contributed by atoms with Crippen LogP contribution < -0.4 is 0 Å². The SMILES string of the molecule is CC(=O)[C@H]1CCC[C@@H]1N1C(=O)C=CC1=O. The van der Waals surface area contributed by atoms with E-state index in [0.29, 0.717) is 0 Å². The van der Waals surface area contributed by atoms with Crippen LogP contribution in [0.3, 0.4) is 0 Å². The summed E-state index contributed by atoms with van der Waals surface area (Å²) in [6, 6.07) is -0.211. The monoisotopic (exact) mass is 207 g/mol. The lowest BCUT2D eigenvalue weighted by Crippen LogP contribution is -2.43. The minimum atomic E-state index is -0.279. The topological polar surface area (TPSA) is 54.5 Å². The fraction of sp³-hybridized carbons (Fsp3) is 0.545. The van der Waals surface area contributed by atoms with Gasteiger partial charge in [-0.15, -0.1) is 0 Å². The van der Waals surface area contributed by atoms with Gasteiger partial charge in [0.2, 0.25) is 0 Å². The van der Waals surface area contributed by atoms with Gasteiger partial charge in [0, 0.05) is 24.1 Å². The number of hydrogen-bond donors (Lipinski definition) is 0. The normalized spacial score (nSPS) is 30.3. The van der Waals surface area contributed by atoms with E-state index in [2.05, 4.69) is 0 Å². The zero-order valence-corrected chi connectivity index (χ0v) is 8.60. The highest BCUT2D eigenvalue weighted by Gasteiger charge is 2.40. The van der Waals surface area contributed by atoms with E-state index in [1.807, 2.05) is 0 Å². The van der Waals surface area contributed by atoms with Crippen LogP contribution in [0.15, 0.2) is 12.2 Å². The first kappa shape index (κ1) is 10.1. The summed E-state index contributed by atoms with van der Waals surface area (Å²) < 4.78 is 0. The van der Waals surface area contributed by atoms with E-state index in [1.54, 1.807) is 0 Å². The molecule has 0 unspecified atom stereocenters. The van der Waals surface area contributed by atoms with Crippen LogP contribution in [0.2, 0.25) is 0 Å². The second-order valence-corrected chi connectivity index (χ2v) is 4.10. The molecule has 0 aromatic rings. The van der Waals surface area contributed by atoms with Gasteiger partial charge in [0.1, 0.15) is 5.78 Å². The first-order valence-corrected chi connectivity index (χ1v) is 5.17. The van der Waals surface area contributed by atoms with E-state index < -0.39 is 0 Å². The summed E-state index contributed by atoms with van der Waals surface area (Å²) in [5.41, 5.74) is 0. The summed E-state index contributed by atoms with van der Waals surface area (Å²) in [6.07, 6.45) is 5.00. The highest BCUT2D eigenvalue weighted by atomic mass is 16.2. The van der Waals surface area contributed by atoms with Crippen molar-refractivity contribution < 1.29 is 14.4 Å². The third-order valence-electron chi connectivity index (χ3n) is 3.18. The average molecular weight is 207 g/mol. The summed E-state index contributed by atoms with van der Waals surface area (Å²) in [5.74, 6) is -0.640. The van der Waals surface area contributed by atoms with Gasteiger partial charge >= 0.3 is 0 Å². The summed E-state index contributed by atoms with van der Waals surface area (Å²) in [6.45, 7) is 1.53. The molecule has 4 nitrogen and oxygen atoms in total. The third kappa shape index (κ3) is 1.60. The highest BCUT2D eigenvalue weighted by Crippen LogP contribution is 2.32. The molecule has 0 spiro atoms. The van der Waals surface area contributed by atoms with Gasteiger partial charge in [0.25, 0.3) is 11.8 Å². The van der Waals surface area contributed by atoms with Crippen LogP contribution in [0.5, 0.6) is 0 Å². The van der Waals surface area contributed by atoms with Crippen molar-refractivity contribution in [2.45, 2.75) is 32.2 Å². The Bertz CT molecular complexity index is 341. The van der Waals surface area contributed by atoms with Crippen LogP contribution in [0.25, 0.3) is 0 Å². The predicted octanol–water partition coefficient (Wildman–Crippen LogP) is 0.669. The molecule has 0 N–H and O–H groups in total. The molecule has 2 atom stereocenters. The Morgan fingerprint density at radius 2 is 1.87 bits per heavy atom. The smallest absolute Gasteiger partial charge is 0.253 e. The number of hydrogen-bond acceptors (Lipinski definition) is 3. The number of nitrogens with zero attached hydrogens (tertiary/aromatic N) is 1. The second-order valence-electron chi connectivity index (χ2n) is 4.10. The van der Waals surface area contributed by atoms with Crippen molar-refractivity contribution in [3.63, 3.8) is 0 Å². The molecule has 1 aliphatic heterocycles. The lowest BCUT2D eigenvalue weighted by molar-refractivity contribution is -0.141. The van der Waals surface area contributed by atoms with Crippen LogP contribution in [-0.2, 0) is 14.4 Å². The molecule has 1 fully saturated rings. The first-order chi connectivity index (χ1) is 7.11. The van der Waals surface area contributed by atoms with E-state index in [4.69, 9.17) is 0 Å². The minimum Gasteiger partial charge on any atom is -0.300 e. The standard InChI is InChI=1S/C11H13NO3/c1-7(13)8-3-2-4-9(8)12-10(14)5-6-11(12)15/h5-6,8-9H,2-4H2,1H3/t8-,9+/m1/s1.